The number of sulfonamides is 1. The molecule has 2 aromatic carbocycles. The summed E-state index contributed by atoms with van der Waals surface area (Å²) in [6.07, 6.45) is 0. The van der Waals surface area contributed by atoms with Crippen molar-refractivity contribution >= 4 is 55.5 Å². The summed E-state index contributed by atoms with van der Waals surface area (Å²) in [4.78, 5) is 12.5. The molecular weight excluding hydrogens is 454 g/mol. The smallest absolute Gasteiger partial charge is 0.242 e. The van der Waals surface area contributed by atoms with Crippen LogP contribution in [0.5, 0.6) is 0 Å². The maximum absolute atomic E-state index is 12.4. The number of aryl methyl sites for hydroxylation is 2. The molecule has 1 aromatic heterocycles. The molecule has 0 aliphatic carbocycles. The van der Waals surface area contributed by atoms with Crippen molar-refractivity contribution in [1.82, 2.24) is 14.5 Å². The molecule has 164 valence electrons. The van der Waals surface area contributed by atoms with Crippen molar-refractivity contribution in [3.63, 3.8) is 0 Å². The second-order valence-electron chi connectivity index (χ2n) is 6.97. The minimum atomic E-state index is -3.59. The van der Waals surface area contributed by atoms with Crippen molar-refractivity contribution < 1.29 is 13.2 Å². The van der Waals surface area contributed by atoms with E-state index in [0.717, 1.165) is 15.6 Å². The zero-order chi connectivity index (χ0) is 22.6. The van der Waals surface area contributed by atoms with Gasteiger partial charge in [-0.1, -0.05) is 41.3 Å². The van der Waals surface area contributed by atoms with Gasteiger partial charge in [-0.3, -0.25) is 4.79 Å². The summed E-state index contributed by atoms with van der Waals surface area (Å²) in [6, 6.07) is 12.8. The molecule has 8 nitrogen and oxygen atoms in total. The van der Waals surface area contributed by atoms with Crippen LogP contribution < -0.4 is 10.6 Å². The van der Waals surface area contributed by atoms with Crippen LogP contribution in [0, 0.1) is 13.8 Å². The third kappa shape index (κ3) is 6.03. The molecule has 0 bridgehead atoms. The Balaban J connectivity index is 1.59. The van der Waals surface area contributed by atoms with Gasteiger partial charge in [0.25, 0.3) is 0 Å². The number of aromatic nitrogens is 2. The number of rotatable bonds is 8. The van der Waals surface area contributed by atoms with Crippen molar-refractivity contribution in [2.75, 3.05) is 30.5 Å². The molecule has 0 aliphatic rings. The number of anilines is 3. The largest absolute Gasteiger partial charge is 0.330 e. The third-order valence-electron chi connectivity index (χ3n) is 4.23. The van der Waals surface area contributed by atoms with Crippen LogP contribution in [0.2, 0.25) is 0 Å². The van der Waals surface area contributed by atoms with Crippen molar-refractivity contribution in [1.29, 1.82) is 0 Å². The number of amides is 1. The maximum atomic E-state index is 12.4. The first-order valence-electron chi connectivity index (χ1n) is 9.28. The lowest BCUT2D eigenvalue weighted by molar-refractivity contribution is -0.113. The molecule has 0 saturated heterocycles. The highest BCUT2D eigenvalue weighted by Crippen LogP contribution is 2.28. The number of carbonyl (C=O) groups is 1. The third-order valence-corrected chi connectivity index (χ3v) is 8.16. The predicted molar refractivity (Wildman–Crippen MR) is 126 cm³/mol. The second kappa shape index (κ2) is 9.77. The van der Waals surface area contributed by atoms with Crippen LogP contribution in [0.3, 0.4) is 0 Å². The monoisotopic (exact) mass is 477 g/mol. The highest BCUT2D eigenvalue weighted by Gasteiger charge is 2.20. The Morgan fingerprint density at radius 3 is 2.58 bits per heavy atom. The molecular formula is C20H23N5O3S3. The molecule has 1 heterocycles. The minimum absolute atomic E-state index is 0.128. The van der Waals surface area contributed by atoms with E-state index in [1.807, 2.05) is 31.2 Å². The second-order valence-corrected chi connectivity index (χ2v) is 11.3. The summed E-state index contributed by atoms with van der Waals surface area (Å²) in [5, 5.41) is 14.8. The lowest BCUT2D eigenvalue weighted by Gasteiger charge is -2.15. The average molecular weight is 478 g/mol. The van der Waals surface area contributed by atoms with E-state index in [1.54, 1.807) is 19.1 Å². The fourth-order valence-corrected chi connectivity index (χ4v) is 5.36. The molecule has 0 atom stereocenters. The predicted octanol–water partition coefficient (Wildman–Crippen LogP) is 3.88. The molecule has 31 heavy (non-hydrogen) atoms. The van der Waals surface area contributed by atoms with Crippen LogP contribution in [0.25, 0.3) is 0 Å². The van der Waals surface area contributed by atoms with Gasteiger partial charge >= 0.3 is 0 Å². The first-order chi connectivity index (χ1) is 14.6. The van der Waals surface area contributed by atoms with Crippen LogP contribution in [0.4, 0.5) is 16.5 Å². The number of thioether (sulfide) groups is 1. The molecule has 0 saturated carbocycles. The van der Waals surface area contributed by atoms with Gasteiger partial charge in [0.05, 0.1) is 10.6 Å². The van der Waals surface area contributed by atoms with Crippen molar-refractivity contribution in [2.24, 2.45) is 0 Å². The van der Waals surface area contributed by atoms with Gasteiger partial charge in [-0.25, -0.2) is 12.7 Å². The van der Waals surface area contributed by atoms with Gasteiger partial charge in [-0.05, 0) is 49.2 Å². The Labute approximate surface area is 190 Å². The van der Waals surface area contributed by atoms with E-state index in [-0.39, 0.29) is 16.6 Å². The molecule has 1 amide bonds. The molecule has 3 aromatic rings. The van der Waals surface area contributed by atoms with Crippen LogP contribution in [0.1, 0.15) is 11.1 Å². The van der Waals surface area contributed by atoms with E-state index in [1.165, 1.54) is 43.3 Å². The standard InChI is InChI=1S/C20H23N5O3S3/c1-13-6-5-7-15(10-13)22-19-23-24-20(30-19)29-12-18(26)21-16-9-8-14(2)17(11-16)31(27,28)25(3)4/h5-11H,12H2,1-4H3,(H,21,26)(H,22,23). The molecule has 3 rings (SSSR count). The van der Waals surface area contributed by atoms with E-state index in [2.05, 4.69) is 20.8 Å². The first-order valence-corrected chi connectivity index (χ1v) is 12.5. The Morgan fingerprint density at radius 2 is 1.87 bits per heavy atom. The SMILES string of the molecule is Cc1cccc(Nc2nnc(SCC(=O)Nc3ccc(C)c(S(=O)(=O)N(C)C)c3)s2)c1. The molecule has 0 radical (unpaired) electrons. The van der Waals surface area contributed by atoms with E-state index >= 15 is 0 Å². The zero-order valence-electron chi connectivity index (χ0n) is 17.5. The number of nitrogens with one attached hydrogen (secondary N) is 2. The van der Waals surface area contributed by atoms with Gasteiger partial charge in [0.1, 0.15) is 0 Å². The highest BCUT2D eigenvalue weighted by molar-refractivity contribution is 8.01. The fourth-order valence-electron chi connectivity index (χ4n) is 2.64. The topological polar surface area (TPSA) is 104 Å². The number of benzene rings is 2. The van der Waals surface area contributed by atoms with Gasteiger partial charge in [-0.2, -0.15) is 0 Å². The maximum Gasteiger partial charge on any atom is 0.242 e. The van der Waals surface area contributed by atoms with E-state index in [9.17, 15) is 13.2 Å². The summed E-state index contributed by atoms with van der Waals surface area (Å²) >= 11 is 2.62. The van der Waals surface area contributed by atoms with Crippen LogP contribution in [-0.2, 0) is 14.8 Å². The molecule has 0 fully saturated rings. The first kappa shape index (κ1) is 23.2. The molecule has 0 spiro atoms. The van der Waals surface area contributed by atoms with Crippen molar-refractivity contribution in [3.8, 4) is 0 Å². The molecule has 0 aliphatic heterocycles. The summed E-state index contributed by atoms with van der Waals surface area (Å²) in [5.41, 5.74) is 3.10. The molecule has 0 unspecified atom stereocenters. The number of hydrogen-bond acceptors (Lipinski definition) is 8. The van der Waals surface area contributed by atoms with Crippen LogP contribution in [0.15, 0.2) is 51.7 Å². The van der Waals surface area contributed by atoms with E-state index in [4.69, 9.17) is 0 Å². The lowest BCUT2D eigenvalue weighted by atomic mass is 10.2. The minimum Gasteiger partial charge on any atom is -0.330 e. The van der Waals surface area contributed by atoms with Gasteiger partial charge in [0.15, 0.2) is 4.34 Å². The molecule has 2 N–H and O–H groups in total. The van der Waals surface area contributed by atoms with Gasteiger partial charge in [0, 0.05) is 25.5 Å². The highest BCUT2D eigenvalue weighted by atomic mass is 32.2. The van der Waals surface area contributed by atoms with Gasteiger partial charge < -0.3 is 10.6 Å². The Kier molecular flexibility index (Phi) is 7.31. The Hall–Kier alpha value is -2.47. The zero-order valence-corrected chi connectivity index (χ0v) is 20.0. The summed E-state index contributed by atoms with van der Waals surface area (Å²) in [7, 11) is -0.648. The summed E-state index contributed by atoms with van der Waals surface area (Å²) < 4.78 is 26.7. The van der Waals surface area contributed by atoms with Crippen molar-refractivity contribution in [3.05, 3.63) is 53.6 Å². The van der Waals surface area contributed by atoms with Crippen LogP contribution >= 0.6 is 23.1 Å². The average Bonchev–Trinajstić information content (AvgIpc) is 3.15. The fraction of sp³-hybridized carbons (Fsp3) is 0.250. The molecule has 11 heteroatoms. The number of nitrogens with zero attached hydrogens (tertiary/aromatic N) is 3. The summed E-state index contributed by atoms with van der Waals surface area (Å²) in [6.45, 7) is 3.73. The van der Waals surface area contributed by atoms with E-state index < -0.39 is 10.0 Å². The number of carbonyl (C=O) groups excluding carboxylic acids is 1. The normalized spacial score (nSPS) is 11.5. The lowest BCUT2D eigenvalue weighted by Crippen LogP contribution is -2.23. The van der Waals surface area contributed by atoms with Crippen LogP contribution in [-0.4, -0.2) is 48.7 Å². The Morgan fingerprint density at radius 1 is 1.10 bits per heavy atom. The van der Waals surface area contributed by atoms with Gasteiger partial charge in [-0.15, -0.1) is 10.2 Å². The van der Waals surface area contributed by atoms with Crippen molar-refractivity contribution in [2.45, 2.75) is 23.1 Å². The quantitative estimate of drug-likeness (QED) is 0.475. The Bertz CT molecular complexity index is 1190. The summed E-state index contributed by atoms with van der Waals surface area (Å²) in [5.74, 6) is -0.131. The van der Waals surface area contributed by atoms with E-state index in [0.29, 0.717) is 20.7 Å². The number of hydrogen-bond donors (Lipinski definition) is 2. The van der Waals surface area contributed by atoms with Gasteiger partial charge in [0.2, 0.25) is 21.1 Å².